The van der Waals surface area contributed by atoms with Crippen LogP contribution in [0.25, 0.3) is 16.6 Å². The Balaban J connectivity index is 1.61. The predicted molar refractivity (Wildman–Crippen MR) is 159 cm³/mol. The number of hydrogen-bond acceptors (Lipinski definition) is 5. The monoisotopic (exact) mass is 610 g/mol. The lowest BCUT2D eigenvalue weighted by molar-refractivity contribution is -0.140. The van der Waals surface area contributed by atoms with Crippen LogP contribution in [0.15, 0.2) is 71.5 Å². The quantitative estimate of drug-likeness (QED) is 0.223. The molecule has 1 amide bonds. The molecule has 1 fully saturated rings. The van der Waals surface area contributed by atoms with Crippen molar-refractivity contribution in [2.75, 3.05) is 26.7 Å². The van der Waals surface area contributed by atoms with E-state index in [2.05, 4.69) is 4.90 Å². The third kappa shape index (κ3) is 6.47. The van der Waals surface area contributed by atoms with Crippen LogP contribution in [0.1, 0.15) is 49.7 Å². The van der Waals surface area contributed by atoms with Gasteiger partial charge in [0.05, 0.1) is 41.2 Å². The summed E-state index contributed by atoms with van der Waals surface area (Å²) in [5, 5.41) is 0.403. The molecule has 0 radical (unpaired) electrons. The number of aromatic nitrogens is 2. The molecule has 0 N–H and O–H groups in total. The average Bonchev–Trinajstić information content (AvgIpc) is 2.99. The van der Waals surface area contributed by atoms with Gasteiger partial charge in [-0.1, -0.05) is 18.2 Å². The molecule has 0 spiro atoms. The van der Waals surface area contributed by atoms with E-state index >= 15 is 0 Å². The fraction of sp³-hybridized carbons (Fsp3) is 0.364. The van der Waals surface area contributed by atoms with Crippen LogP contribution >= 0.6 is 0 Å². The number of rotatable bonds is 8. The Morgan fingerprint density at radius 2 is 1.75 bits per heavy atom. The summed E-state index contributed by atoms with van der Waals surface area (Å²) in [6.07, 6.45) is -4.01. The molecule has 5 rings (SSSR count). The van der Waals surface area contributed by atoms with Gasteiger partial charge in [-0.2, -0.15) is 13.2 Å². The van der Waals surface area contributed by atoms with Crippen molar-refractivity contribution in [3.8, 4) is 11.4 Å². The van der Waals surface area contributed by atoms with Crippen molar-refractivity contribution >= 4 is 16.8 Å². The van der Waals surface area contributed by atoms with Gasteiger partial charge in [-0.15, -0.1) is 0 Å². The summed E-state index contributed by atoms with van der Waals surface area (Å²) < 4.78 is 61.4. The number of alkyl halides is 3. The fourth-order valence-electron chi connectivity index (χ4n) is 5.84. The molecule has 0 aliphatic carbocycles. The van der Waals surface area contributed by atoms with Crippen molar-refractivity contribution in [2.45, 2.75) is 51.4 Å². The number of amides is 1. The van der Waals surface area contributed by atoms with E-state index in [9.17, 15) is 27.2 Å². The molecule has 1 aliphatic rings. The van der Waals surface area contributed by atoms with Crippen LogP contribution in [0.4, 0.5) is 17.6 Å². The Kier molecular flexibility index (Phi) is 9.05. The molecule has 4 aromatic rings. The van der Waals surface area contributed by atoms with Crippen molar-refractivity contribution in [3.63, 3.8) is 0 Å². The van der Waals surface area contributed by atoms with E-state index in [-0.39, 0.29) is 23.6 Å². The SMILES string of the molecule is CCOc1ccc(-n2c([C@@H](C)N(C(=O)Cc3ccc(F)c(C(F)(F)F)c3)C3CCN(C)CC3)nc3ccccc3c2=O)cc1. The van der Waals surface area contributed by atoms with Crippen molar-refractivity contribution in [1.82, 2.24) is 19.4 Å². The Labute approximate surface area is 252 Å². The number of carbonyl (C=O) groups excluding carboxylic acids is 1. The van der Waals surface area contributed by atoms with E-state index in [4.69, 9.17) is 9.72 Å². The maximum atomic E-state index is 14.1. The van der Waals surface area contributed by atoms with Crippen molar-refractivity contribution in [3.05, 3.63) is 99.9 Å². The molecule has 232 valence electrons. The lowest BCUT2D eigenvalue weighted by Crippen LogP contribution is -2.49. The normalized spacial score (nSPS) is 15.3. The summed E-state index contributed by atoms with van der Waals surface area (Å²) in [6.45, 7) is 5.56. The largest absolute Gasteiger partial charge is 0.494 e. The van der Waals surface area contributed by atoms with E-state index in [1.165, 1.54) is 10.6 Å². The van der Waals surface area contributed by atoms with Crippen LogP contribution in [0.5, 0.6) is 5.75 Å². The summed E-state index contributed by atoms with van der Waals surface area (Å²) in [7, 11) is 1.98. The number of piperidine rings is 1. The lowest BCUT2D eigenvalue weighted by atomic mass is 9.99. The second-order valence-electron chi connectivity index (χ2n) is 11.1. The van der Waals surface area contributed by atoms with Crippen LogP contribution in [0.3, 0.4) is 0 Å². The van der Waals surface area contributed by atoms with Crippen molar-refractivity contribution in [2.24, 2.45) is 0 Å². The third-order valence-electron chi connectivity index (χ3n) is 8.06. The minimum atomic E-state index is -4.90. The summed E-state index contributed by atoms with van der Waals surface area (Å²) in [6, 6.07) is 15.6. The number of fused-ring (bicyclic) bond motifs is 1. The second-order valence-corrected chi connectivity index (χ2v) is 11.1. The number of para-hydroxylation sites is 1. The molecule has 0 unspecified atom stereocenters. The predicted octanol–water partition coefficient (Wildman–Crippen LogP) is 6.17. The minimum absolute atomic E-state index is 0.0456. The summed E-state index contributed by atoms with van der Waals surface area (Å²) in [5.41, 5.74) is -0.689. The fourth-order valence-corrected chi connectivity index (χ4v) is 5.84. The average molecular weight is 611 g/mol. The molecule has 7 nitrogen and oxygen atoms in total. The van der Waals surface area contributed by atoms with Gasteiger partial charge in [-0.25, -0.2) is 9.37 Å². The van der Waals surface area contributed by atoms with Crippen LogP contribution in [0, 0.1) is 5.82 Å². The number of nitrogens with zero attached hydrogens (tertiary/aromatic N) is 4. The molecule has 1 atom stereocenters. The number of hydrogen-bond donors (Lipinski definition) is 0. The molecular formula is C33H34F4N4O3. The van der Waals surface area contributed by atoms with Gasteiger partial charge in [0.15, 0.2) is 0 Å². The van der Waals surface area contributed by atoms with Crippen LogP contribution in [-0.4, -0.2) is 58.0 Å². The number of ether oxygens (including phenoxy) is 1. The maximum absolute atomic E-state index is 14.1. The number of likely N-dealkylation sites (tertiary alicyclic amines) is 1. The Hall–Kier alpha value is -4.25. The first kappa shape index (κ1) is 31.2. The summed E-state index contributed by atoms with van der Waals surface area (Å²) in [4.78, 5) is 36.7. The molecule has 2 heterocycles. The zero-order valence-electron chi connectivity index (χ0n) is 24.8. The van der Waals surface area contributed by atoms with E-state index in [1.54, 1.807) is 60.4 Å². The lowest BCUT2D eigenvalue weighted by Gasteiger charge is -2.41. The first-order valence-electron chi connectivity index (χ1n) is 14.6. The van der Waals surface area contributed by atoms with Gasteiger partial charge in [0.2, 0.25) is 5.91 Å². The van der Waals surface area contributed by atoms with Gasteiger partial charge < -0.3 is 14.5 Å². The topological polar surface area (TPSA) is 67.7 Å². The molecule has 44 heavy (non-hydrogen) atoms. The molecule has 3 aromatic carbocycles. The smallest absolute Gasteiger partial charge is 0.419 e. The molecule has 1 aliphatic heterocycles. The first-order chi connectivity index (χ1) is 21.0. The van der Waals surface area contributed by atoms with Gasteiger partial charge in [0.25, 0.3) is 5.56 Å². The van der Waals surface area contributed by atoms with Crippen LogP contribution < -0.4 is 10.3 Å². The summed E-state index contributed by atoms with van der Waals surface area (Å²) in [5.74, 6) is -0.880. The van der Waals surface area contributed by atoms with Crippen LogP contribution in [-0.2, 0) is 17.4 Å². The molecule has 1 aromatic heterocycles. The first-order valence-corrected chi connectivity index (χ1v) is 14.6. The minimum Gasteiger partial charge on any atom is -0.494 e. The van der Waals surface area contributed by atoms with Crippen molar-refractivity contribution in [1.29, 1.82) is 0 Å². The number of benzene rings is 3. The van der Waals surface area contributed by atoms with E-state index < -0.39 is 29.5 Å². The molecule has 0 bridgehead atoms. The highest BCUT2D eigenvalue weighted by Gasteiger charge is 2.36. The Bertz CT molecular complexity index is 1700. The second kappa shape index (κ2) is 12.8. The molecule has 1 saturated heterocycles. The van der Waals surface area contributed by atoms with E-state index in [0.29, 0.717) is 66.8 Å². The zero-order valence-corrected chi connectivity index (χ0v) is 24.8. The Morgan fingerprint density at radius 3 is 2.41 bits per heavy atom. The van der Waals surface area contributed by atoms with E-state index in [1.807, 2.05) is 14.0 Å². The highest BCUT2D eigenvalue weighted by Crippen LogP contribution is 2.33. The molecule has 11 heteroatoms. The molecular weight excluding hydrogens is 576 g/mol. The molecule has 0 saturated carbocycles. The van der Waals surface area contributed by atoms with Crippen LogP contribution in [0.2, 0.25) is 0 Å². The van der Waals surface area contributed by atoms with Gasteiger partial charge >= 0.3 is 6.18 Å². The van der Waals surface area contributed by atoms with E-state index in [0.717, 1.165) is 6.07 Å². The standard InChI is InChI=1S/C33H34F4N4O3/c1-4-44-25-12-10-23(11-13-25)41-31(38-29-8-6-5-7-26(29)32(41)43)21(2)40(24-15-17-39(3)18-16-24)30(42)20-22-9-14-28(34)27(19-22)33(35,36)37/h5-14,19,21,24H,4,15-18,20H2,1-3H3/t21-/m1/s1. The van der Waals surface area contributed by atoms with Crippen molar-refractivity contribution < 1.29 is 27.1 Å². The third-order valence-corrected chi connectivity index (χ3v) is 8.06. The zero-order chi connectivity index (χ0) is 31.6. The highest BCUT2D eigenvalue weighted by atomic mass is 19.4. The van der Waals surface area contributed by atoms with Gasteiger partial charge in [-0.3, -0.25) is 14.2 Å². The van der Waals surface area contributed by atoms with Gasteiger partial charge in [-0.05, 0) is 101 Å². The maximum Gasteiger partial charge on any atom is 0.419 e. The Morgan fingerprint density at radius 1 is 1.07 bits per heavy atom. The number of halogens is 4. The number of carbonyl (C=O) groups is 1. The highest BCUT2D eigenvalue weighted by molar-refractivity contribution is 5.80. The van der Waals surface area contributed by atoms with Gasteiger partial charge in [0, 0.05) is 6.04 Å². The summed E-state index contributed by atoms with van der Waals surface area (Å²) >= 11 is 0. The van der Waals surface area contributed by atoms with Gasteiger partial charge in [0.1, 0.15) is 17.4 Å².